The summed E-state index contributed by atoms with van der Waals surface area (Å²) in [5, 5.41) is 0.494. The molecule has 1 aliphatic rings. The quantitative estimate of drug-likeness (QED) is 0.173. The van der Waals surface area contributed by atoms with Gasteiger partial charge < -0.3 is 14.6 Å². The predicted molar refractivity (Wildman–Crippen MR) is 137 cm³/mol. The van der Waals surface area contributed by atoms with Gasteiger partial charge in [0.1, 0.15) is 17.3 Å². The van der Waals surface area contributed by atoms with E-state index in [4.69, 9.17) is 0 Å². The van der Waals surface area contributed by atoms with Gasteiger partial charge in [-0.25, -0.2) is 18.7 Å². The number of anilines is 2. The van der Waals surface area contributed by atoms with Gasteiger partial charge in [-0.2, -0.15) is 0 Å². The lowest BCUT2D eigenvalue weighted by atomic mass is 10.00. The number of nitrogens with one attached hydrogen (secondary N) is 2. The van der Waals surface area contributed by atoms with Gasteiger partial charge >= 0.3 is 0 Å². The van der Waals surface area contributed by atoms with E-state index in [0.29, 0.717) is 11.0 Å². The van der Waals surface area contributed by atoms with Crippen molar-refractivity contribution in [1.82, 2.24) is 15.0 Å². The maximum Gasteiger partial charge on any atom is 0.201 e. The second-order valence-corrected chi connectivity index (χ2v) is 9.39. The van der Waals surface area contributed by atoms with Crippen molar-refractivity contribution in [2.75, 3.05) is 28.5 Å². The molecule has 6 nitrogen and oxygen atoms in total. The Morgan fingerprint density at radius 1 is 1.11 bits per heavy atom. The van der Waals surface area contributed by atoms with Gasteiger partial charge in [-0.05, 0) is 49.6 Å². The number of aromatic nitrogens is 3. The minimum absolute atomic E-state index is 0.0796. The molecule has 0 radical (unpaired) electrons. The highest BCUT2D eigenvalue weighted by atomic mass is 32.2. The average Bonchev–Trinajstić information content (AvgIpc) is 3.56. The molecule has 2 N–H and O–H groups in total. The van der Waals surface area contributed by atoms with Crippen LogP contribution in [0.5, 0.6) is 0 Å². The highest BCUT2D eigenvalue weighted by Crippen LogP contribution is 2.30. The number of benzene rings is 1. The van der Waals surface area contributed by atoms with Crippen LogP contribution in [0.2, 0.25) is 0 Å². The van der Waals surface area contributed by atoms with Gasteiger partial charge in [0.25, 0.3) is 0 Å². The number of H-pyrrole nitrogens is 1. The second-order valence-electron chi connectivity index (χ2n) is 8.49. The molecule has 3 aromatic heterocycles. The third kappa shape index (κ3) is 4.60. The Balaban J connectivity index is 1.47. The maximum absolute atomic E-state index is 15.1. The van der Waals surface area contributed by atoms with Gasteiger partial charge in [-0.1, -0.05) is 18.9 Å². The first-order chi connectivity index (χ1) is 17.1. The van der Waals surface area contributed by atoms with Crippen LogP contribution in [-0.4, -0.2) is 39.6 Å². The van der Waals surface area contributed by atoms with Crippen molar-refractivity contribution in [3.05, 3.63) is 71.7 Å². The molecule has 0 spiro atoms. The molecule has 1 fully saturated rings. The fourth-order valence-corrected chi connectivity index (χ4v) is 4.86. The highest BCUT2D eigenvalue weighted by Gasteiger charge is 2.25. The number of nitrogens with zero attached hydrogens (tertiary/aromatic N) is 3. The van der Waals surface area contributed by atoms with Crippen molar-refractivity contribution >= 4 is 40.3 Å². The summed E-state index contributed by atoms with van der Waals surface area (Å²) in [6.45, 7) is 4.02. The van der Waals surface area contributed by atoms with Crippen LogP contribution in [0.3, 0.4) is 0 Å². The van der Waals surface area contributed by atoms with Crippen molar-refractivity contribution in [3.63, 3.8) is 0 Å². The zero-order valence-corrected chi connectivity index (χ0v) is 20.1. The molecule has 35 heavy (non-hydrogen) atoms. The third-order valence-electron chi connectivity index (χ3n) is 6.09. The third-order valence-corrected chi connectivity index (χ3v) is 7.07. The smallest absolute Gasteiger partial charge is 0.201 e. The normalized spacial score (nSPS) is 13.5. The molecule has 4 heterocycles. The Kier molecular flexibility index (Phi) is 6.68. The SMILES string of the molecule is CCCSNc1ccc(F)c(C(=O)c2c[nH]c3ncc(-c4ccc(N5CCCC5)nc4)cc23)c1F. The Hall–Kier alpha value is -3.46. The zero-order valence-electron chi connectivity index (χ0n) is 19.3. The Morgan fingerprint density at radius 3 is 2.66 bits per heavy atom. The summed E-state index contributed by atoms with van der Waals surface area (Å²) in [5.74, 6) is -0.853. The Morgan fingerprint density at radius 2 is 1.91 bits per heavy atom. The van der Waals surface area contributed by atoms with E-state index in [1.54, 1.807) is 18.5 Å². The lowest BCUT2D eigenvalue weighted by molar-refractivity contribution is 0.103. The van der Waals surface area contributed by atoms with E-state index >= 15 is 4.39 Å². The molecule has 0 amide bonds. The number of fused-ring (bicyclic) bond motifs is 1. The van der Waals surface area contributed by atoms with Crippen molar-refractivity contribution in [3.8, 4) is 11.1 Å². The van der Waals surface area contributed by atoms with E-state index in [9.17, 15) is 9.18 Å². The van der Waals surface area contributed by atoms with E-state index in [-0.39, 0.29) is 11.3 Å². The molecule has 9 heteroatoms. The zero-order chi connectivity index (χ0) is 24.4. The van der Waals surface area contributed by atoms with Gasteiger partial charge in [-0.15, -0.1) is 0 Å². The number of carbonyl (C=O) groups excluding carboxylic acids is 1. The molecular formula is C26H25F2N5OS. The topological polar surface area (TPSA) is 73.9 Å². The standard InChI is InChI=1S/C26H25F2N5OS/c1-2-11-35-32-21-7-6-20(27)23(24(21)28)25(34)19-15-31-26-18(19)12-17(14-30-26)16-5-8-22(29-13-16)33-9-3-4-10-33/h5-8,12-15,32H,2-4,9-11H2,1H3,(H,30,31). The van der Waals surface area contributed by atoms with E-state index in [1.165, 1.54) is 37.1 Å². The van der Waals surface area contributed by atoms with E-state index in [1.807, 2.05) is 19.1 Å². The number of ketones is 1. The fourth-order valence-electron chi connectivity index (χ4n) is 4.24. The maximum atomic E-state index is 15.1. The van der Waals surface area contributed by atoms with Gasteiger partial charge in [0.15, 0.2) is 5.82 Å². The lowest BCUT2D eigenvalue weighted by Crippen LogP contribution is -2.18. The van der Waals surface area contributed by atoms with Crippen LogP contribution in [0.4, 0.5) is 20.3 Å². The summed E-state index contributed by atoms with van der Waals surface area (Å²) in [7, 11) is 0. The first kappa shape index (κ1) is 23.3. The summed E-state index contributed by atoms with van der Waals surface area (Å²) in [6.07, 6.45) is 8.16. The first-order valence-corrected chi connectivity index (χ1v) is 12.6. The number of hydrogen-bond donors (Lipinski definition) is 2. The molecule has 0 saturated carbocycles. The van der Waals surface area contributed by atoms with Gasteiger partial charge in [-0.3, -0.25) is 4.79 Å². The molecule has 5 rings (SSSR count). The summed E-state index contributed by atoms with van der Waals surface area (Å²) in [6, 6.07) is 8.16. The average molecular weight is 494 g/mol. The van der Waals surface area contributed by atoms with Crippen molar-refractivity contribution in [2.45, 2.75) is 26.2 Å². The van der Waals surface area contributed by atoms with E-state index in [0.717, 1.165) is 48.3 Å². The van der Waals surface area contributed by atoms with Gasteiger partial charge in [0.05, 0.1) is 11.3 Å². The van der Waals surface area contributed by atoms with Crippen LogP contribution in [-0.2, 0) is 0 Å². The summed E-state index contributed by atoms with van der Waals surface area (Å²) in [4.78, 5) is 27.5. The lowest BCUT2D eigenvalue weighted by Gasteiger charge is -2.16. The fraction of sp³-hybridized carbons (Fsp3) is 0.269. The van der Waals surface area contributed by atoms with Crippen LogP contribution in [0.25, 0.3) is 22.2 Å². The molecular weight excluding hydrogens is 468 g/mol. The van der Waals surface area contributed by atoms with Crippen LogP contribution < -0.4 is 9.62 Å². The molecule has 4 aromatic rings. The number of rotatable bonds is 8. The van der Waals surface area contributed by atoms with Gasteiger partial charge in [0.2, 0.25) is 5.78 Å². The van der Waals surface area contributed by atoms with Crippen LogP contribution in [0, 0.1) is 11.6 Å². The summed E-state index contributed by atoms with van der Waals surface area (Å²) >= 11 is 1.31. The van der Waals surface area contributed by atoms with Crippen molar-refractivity contribution in [1.29, 1.82) is 0 Å². The summed E-state index contributed by atoms with van der Waals surface area (Å²) < 4.78 is 32.6. The van der Waals surface area contributed by atoms with E-state index < -0.39 is 23.0 Å². The van der Waals surface area contributed by atoms with Crippen LogP contribution >= 0.6 is 11.9 Å². The monoisotopic (exact) mass is 493 g/mol. The predicted octanol–water partition coefficient (Wildman–Crippen LogP) is 6.20. The van der Waals surface area contributed by atoms with Crippen LogP contribution in [0.15, 0.2) is 48.9 Å². The second kappa shape index (κ2) is 10.0. The number of pyridine rings is 2. The van der Waals surface area contributed by atoms with Crippen molar-refractivity contribution < 1.29 is 13.6 Å². The molecule has 180 valence electrons. The molecule has 0 bridgehead atoms. The number of carbonyl (C=O) groups is 1. The Labute approximate surface area is 206 Å². The number of aromatic amines is 1. The Bertz CT molecular complexity index is 1370. The minimum Gasteiger partial charge on any atom is -0.357 e. The van der Waals surface area contributed by atoms with E-state index in [2.05, 4.69) is 24.6 Å². The molecule has 1 aromatic carbocycles. The van der Waals surface area contributed by atoms with Crippen LogP contribution in [0.1, 0.15) is 42.1 Å². The minimum atomic E-state index is -0.904. The molecule has 0 unspecified atom stereocenters. The first-order valence-electron chi connectivity index (χ1n) is 11.7. The number of halogens is 2. The highest BCUT2D eigenvalue weighted by molar-refractivity contribution is 8.00. The molecule has 1 aliphatic heterocycles. The number of hydrogen-bond acceptors (Lipinski definition) is 6. The molecule has 1 saturated heterocycles. The molecule has 0 aliphatic carbocycles. The molecule has 0 atom stereocenters. The summed E-state index contributed by atoms with van der Waals surface area (Å²) in [5.41, 5.74) is 1.72. The van der Waals surface area contributed by atoms with Gasteiger partial charge in [0, 0.05) is 59.5 Å². The van der Waals surface area contributed by atoms with Crippen molar-refractivity contribution in [2.24, 2.45) is 0 Å². The largest absolute Gasteiger partial charge is 0.357 e.